The molecule has 0 saturated carbocycles. The first-order valence-electron chi connectivity index (χ1n) is 8.06. The Labute approximate surface area is 119 Å². The summed E-state index contributed by atoms with van der Waals surface area (Å²) in [4.78, 5) is 0. The van der Waals surface area contributed by atoms with Crippen LogP contribution >= 0.6 is 0 Å². The summed E-state index contributed by atoms with van der Waals surface area (Å²) in [5, 5.41) is 3.55. The Morgan fingerprint density at radius 1 is 1.26 bits per heavy atom. The van der Waals surface area contributed by atoms with E-state index < -0.39 is 0 Å². The van der Waals surface area contributed by atoms with Gasteiger partial charge in [0.25, 0.3) is 0 Å². The molecule has 0 aromatic heterocycles. The van der Waals surface area contributed by atoms with Crippen LogP contribution in [0.15, 0.2) is 0 Å². The van der Waals surface area contributed by atoms with Crippen molar-refractivity contribution in [2.75, 3.05) is 26.2 Å². The molecular weight excluding hydrogens is 236 g/mol. The maximum Gasteiger partial charge on any atom is 0.0699 e. The highest BCUT2D eigenvalue weighted by Gasteiger charge is 2.23. The Kier molecular flexibility index (Phi) is 7.96. The van der Waals surface area contributed by atoms with Crippen molar-refractivity contribution in [3.8, 4) is 0 Å². The van der Waals surface area contributed by atoms with Gasteiger partial charge in [-0.15, -0.1) is 0 Å². The van der Waals surface area contributed by atoms with Gasteiger partial charge in [-0.2, -0.15) is 0 Å². The van der Waals surface area contributed by atoms with Crippen LogP contribution in [0, 0.1) is 11.3 Å². The summed E-state index contributed by atoms with van der Waals surface area (Å²) in [6, 6.07) is 0. The Balaban J connectivity index is 2.07. The van der Waals surface area contributed by atoms with E-state index in [1.807, 2.05) is 0 Å². The molecule has 1 heterocycles. The first kappa shape index (κ1) is 16.9. The topological polar surface area (TPSA) is 47.3 Å². The average Bonchev–Trinajstić information content (AvgIpc) is 2.37. The molecule has 0 aromatic carbocycles. The monoisotopic (exact) mass is 270 g/mol. The quantitative estimate of drug-likeness (QED) is 0.667. The second kappa shape index (κ2) is 8.93. The Morgan fingerprint density at radius 3 is 2.63 bits per heavy atom. The van der Waals surface area contributed by atoms with Crippen LogP contribution < -0.4 is 11.1 Å². The zero-order valence-electron chi connectivity index (χ0n) is 13.2. The van der Waals surface area contributed by atoms with Crippen molar-refractivity contribution < 1.29 is 4.74 Å². The number of hydrogen-bond donors (Lipinski definition) is 2. The molecule has 2 unspecified atom stereocenters. The van der Waals surface area contributed by atoms with Crippen LogP contribution in [0.4, 0.5) is 0 Å². The minimum atomic E-state index is 0.381. The van der Waals surface area contributed by atoms with Crippen LogP contribution in [0.5, 0.6) is 0 Å². The molecule has 19 heavy (non-hydrogen) atoms. The van der Waals surface area contributed by atoms with E-state index in [9.17, 15) is 0 Å². The van der Waals surface area contributed by atoms with E-state index in [2.05, 4.69) is 26.1 Å². The van der Waals surface area contributed by atoms with E-state index >= 15 is 0 Å². The zero-order chi connectivity index (χ0) is 14.1. The molecule has 3 N–H and O–H groups in total. The van der Waals surface area contributed by atoms with Crippen LogP contribution in [0.25, 0.3) is 0 Å². The summed E-state index contributed by atoms with van der Waals surface area (Å²) in [6.07, 6.45) is 7.92. The predicted molar refractivity (Wildman–Crippen MR) is 82.3 cm³/mol. The van der Waals surface area contributed by atoms with E-state index in [1.165, 1.54) is 32.1 Å². The van der Waals surface area contributed by atoms with Crippen LogP contribution in [0.3, 0.4) is 0 Å². The molecule has 0 amide bonds. The molecule has 1 aliphatic heterocycles. The van der Waals surface area contributed by atoms with Crippen molar-refractivity contribution in [3.05, 3.63) is 0 Å². The standard InChI is InChI=1S/C16H34N2O/c1-16(2,3)14(9-10-17)7-6-11-18-13-15-8-4-5-12-19-15/h14-15,18H,4-13,17H2,1-3H3. The van der Waals surface area contributed by atoms with Gasteiger partial charge in [0.2, 0.25) is 0 Å². The summed E-state index contributed by atoms with van der Waals surface area (Å²) in [6.45, 7) is 10.9. The number of hydrogen-bond acceptors (Lipinski definition) is 3. The van der Waals surface area contributed by atoms with Gasteiger partial charge in [0.15, 0.2) is 0 Å². The molecule has 3 heteroatoms. The molecule has 1 aliphatic rings. The summed E-state index contributed by atoms with van der Waals surface area (Å²) in [5.41, 5.74) is 6.10. The van der Waals surface area contributed by atoms with Gasteiger partial charge < -0.3 is 15.8 Å². The summed E-state index contributed by atoms with van der Waals surface area (Å²) in [7, 11) is 0. The summed E-state index contributed by atoms with van der Waals surface area (Å²) < 4.78 is 5.72. The highest BCUT2D eigenvalue weighted by Crippen LogP contribution is 2.31. The van der Waals surface area contributed by atoms with Crippen molar-refractivity contribution in [1.29, 1.82) is 0 Å². The van der Waals surface area contributed by atoms with Gasteiger partial charge in [-0.25, -0.2) is 0 Å². The number of ether oxygens (including phenoxy) is 1. The van der Waals surface area contributed by atoms with Crippen LogP contribution in [-0.2, 0) is 4.74 Å². The molecule has 0 spiro atoms. The lowest BCUT2D eigenvalue weighted by molar-refractivity contribution is 0.0169. The van der Waals surface area contributed by atoms with E-state index in [1.54, 1.807) is 0 Å². The van der Waals surface area contributed by atoms with Gasteiger partial charge in [-0.05, 0) is 62.9 Å². The molecule has 1 rings (SSSR count). The van der Waals surface area contributed by atoms with Gasteiger partial charge >= 0.3 is 0 Å². The van der Waals surface area contributed by atoms with Crippen molar-refractivity contribution >= 4 is 0 Å². The largest absolute Gasteiger partial charge is 0.377 e. The third-order valence-electron chi connectivity index (χ3n) is 4.29. The SMILES string of the molecule is CC(C)(C)C(CCN)CCCNCC1CCCCO1. The van der Waals surface area contributed by atoms with E-state index in [0.29, 0.717) is 11.5 Å². The van der Waals surface area contributed by atoms with Crippen molar-refractivity contribution in [2.24, 2.45) is 17.1 Å². The molecule has 1 fully saturated rings. The second-order valence-electron chi connectivity index (χ2n) is 6.98. The van der Waals surface area contributed by atoms with E-state index in [0.717, 1.165) is 38.6 Å². The van der Waals surface area contributed by atoms with Gasteiger partial charge in [0, 0.05) is 13.2 Å². The normalized spacial score (nSPS) is 22.4. The minimum Gasteiger partial charge on any atom is -0.377 e. The predicted octanol–water partition coefficient (Wildman–Crippen LogP) is 2.94. The van der Waals surface area contributed by atoms with Crippen molar-refractivity contribution in [1.82, 2.24) is 5.32 Å². The molecule has 0 bridgehead atoms. The van der Waals surface area contributed by atoms with Gasteiger partial charge in [0.05, 0.1) is 6.10 Å². The number of nitrogens with one attached hydrogen (secondary N) is 1. The lowest BCUT2D eigenvalue weighted by Gasteiger charge is -2.30. The van der Waals surface area contributed by atoms with E-state index in [-0.39, 0.29) is 0 Å². The van der Waals surface area contributed by atoms with Crippen molar-refractivity contribution in [3.63, 3.8) is 0 Å². The molecule has 2 atom stereocenters. The molecule has 1 saturated heterocycles. The number of nitrogens with two attached hydrogens (primary N) is 1. The fraction of sp³-hybridized carbons (Fsp3) is 1.00. The molecule has 0 aromatic rings. The smallest absolute Gasteiger partial charge is 0.0699 e. The lowest BCUT2D eigenvalue weighted by atomic mass is 9.76. The maximum absolute atomic E-state index is 5.72. The van der Waals surface area contributed by atoms with Crippen LogP contribution in [0.2, 0.25) is 0 Å². The third kappa shape index (κ3) is 7.28. The van der Waals surface area contributed by atoms with Crippen LogP contribution in [-0.4, -0.2) is 32.3 Å². The van der Waals surface area contributed by atoms with E-state index in [4.69, 9.17) is 10.5 Å². The Morgan fingerprint density at radius 2 is 2.05 bits per heavy atom. The lowest BCUT2D eigenvalue weighted by Crippen LogP contribution is -2.32. The first-order valence-corrected chi connectivity index (χ1v) is 8.06. The van der Waals surface area contributed by atoms with Gasteiger partial charge in [-0.1, -0.05) is 20.8 Å². The fourth-order valence-electron chi connectivity index (χ4n) is 2.92. The highest BCUT2D eigenvalue weighted by atomic mass is 16.5. The molecule has 0 aliphatic carbocycles. The Bertz CT molecular complexity index is 219. The molecule has 3 nitrogen and oxygen atoms in total. The third-order valence-corrected chi connectivity index (χ3v) is 4.29. The molecular formula is C16H34N2O. The summed E-state index contributed by atoms with van der Waals surface area (Å²) >= 11 is 0. The number of rotatable bonds is 8. The Hall–Kier alpha value is -0.120. The molecule has 0 radical (unpaired) electrons. The van der Waals surface area contributed by atoms with Gasteiger partial charge in [0.1, 0.15) is 0 Å². The van der Waals surface area contributed by atoms with Crippen LogP contribution in [0.1, 0.15) is 59.3 Å². The van der Waals surface area contributed by atoms with Gasteiger partial charge in [-0.3, -0.25) is 0 Å². The fourth-order valence-corrected chi connectivity index (χ4v) is 2.92. The minimum absolute atomic E-state index is 0.381. The second-order valence-corrected chi connectivity index (χ2v) is 6.98. The highest BCUT2D eigenvalue weighted by molar-refractivity contribution is 4.75. The molecule has 114 valence electrons. The zero-order valence-corrected chi connectivity index (χ0v) is 13.2. The maximum atomic E-state index is 5.72. The van der Waals surface area contributed by atoms with Crippen molar-refractivity contribution in [2.45, 2.75) is 65.4 Å². The summed E-state index contributed by atoms with van der Waals surface area (Å²) in [5.74, 6) is 0.741. The first-order chi connectivity index (χ1) is 9.04. The average molecular weight is 270 g/mol.